The van der Waals surface area contributed by atoms with Crippen molar-refractivity contribution < 1.29 is 4.42 Å². The molecule has 0 radical (unpaired) electrons. The molecule has 1 heterocycles. The molecule has 0 spiro atoms. The molecule has 0 fully saturated rings. The van der Waals surface area contributed by atoms with Crippen molar-refractivity contribution in [3.63, 3.8) is 0 Å². The van der Waals surface area contributed by atoms with Crippen molar-refractivity contribution in [1.82, 2.24) is 10.6 Å². The molecular weight excluding hydrogens is 214 g/mol. The van der Waals surface area contributed by atoms with Crippen molar-refractivity contribution in [3.8, 4) is 0 Å². The van der Waals surface area contributed by atoms with Gasteiger partial charge in [0.2, 0.25) is 0 Å². The van der Waals surface area contributed by atoms with Gasteiger partial charge in [-0.1, -0.05) is 13.3 Å². The molecule has 0 aliphatic heterocycles. The van der Waals surface area contributed by atoms with E-state index in [1.165, 1.54) is 12.0 Å². The number of guanidine groups is 1. The van der Waals surface area contributed by atoms with Crippen molar-refractivity contribution in [2.45, 2.75) is 40.2 Å². The molecule has 0 bridgehead atoms. The maximum atomic E-state index is 5.48. The fourth-order valence-electron chi connectivity index (χ4n) is 1.64. The van der Waals surface area contributed by atoms with Gasteiger partial charge in [-0.25, -0.2) is 0 Å². The van der Waals surface area contributed by atoms with Gasteiger partial charge in [-0.15, -0.1) is 0 Å². The highest BCUT2D eigenvalue weighted by atomic mass is 16.3. The molecule has 17 heavy (non-hydrogen) atoms. The molecular formula is C13H23N3O. The standard InChI is InChI=1S/C13H23N3O/c1-5-6-7-15-13(14-4)16-9-12-8-10(2)17-11(12)3/h8H,5-7,9H2,1-4H3,(H2,14,15,16). The van der Waals surface area contributed by atoms with E-state index in [4.69, 9.17) is 4.42 Å². The summed E-state index contributed by atoms with van der Waals surface area (Å²) in [5.74, 6) is 2.77. The molecule has 1 rings (SSSR count). The Kier molecular flexibility index (Phi) is 5.60. The summed E-state index contributed by atoms with van der Waals surface area (Å²) in [6.45, 7) is 7.83. The van der Waals surface area contributed by atoms with E-state index in [1.54, 1.807) is 7.05 Å². The van der Waals surface area contributed by atoms with Crippen LogP contribution >= 0.6 is 0 Å². The van der Waals surface area contributed by atoms with E-state index < -0.39 is 0 Å². The Morgan fingerprint density at radius 2 is 2.12 bits per heavy atom. The Balaban J connectivity index is 2.40. The number of furan rings is 1. The summed E-state index contributed by atoms with van der Waals surface area (Å²) < 4.78 is 5.48. The van der Waals surface area contributed by atoms with Gasteiger partial charge < -0.3 is 15.1 Å². The van der Waals surface area contributed by atoms with Crippen molar-refractivity contribution in [1.29, 1.82) is 0 Å². The van der Waals surface area contributed by atoms with Gasteiger partial charge in [0.1, 0.15) is 11.5 Å². The number of aliphatic imine (C=N–C) groups is 1. The lowest BCUT2D eigenvalue weighted by atomic mass is 10.2. The second kappa shape index (κ2) is 6.99. The molecule has 0 saturated heterocycles. The maximum Gasteiger partial charge on any atom is 0.191 e. The summed E-state index contributed by atoms with van der Waals surface area (Å²) in [6.07, 6.45) is 2.34. The highest BCUT2D eigenvalue weighted by molar-refractivity contribution is 5.79. The van der Waals surface area contributed by atoms with Crippen LogP contribution in [0.15, 0.2) is 15.5 Å². The van der Waals surface area contributed by atoms with Crippen LogP contribution in [-0.4, -0.2) is 19.6 Å². The zero-order valence-electron chi connectivity index (χ0n) is 11.3. The Morgan fingerprint density at radius 1 is 1.35 bits per heavy atom. The molecule has 4 nitrogen and oxygen atoms in total. The number of hydrogen-bond acceptors (Lipinski definition) is 2. The van der Waals surface area contributed by atoms with Crippen LogP contribution in [0.4, 0.5) is 0 Å². The van der Waals surface area contributed by atoms with E-state index in [1.807, 2.05) is 13.8 Å². The third-order valence-electron chi connectivity index (χ3n) is 2.64. The minimum Gasteiger partial charge on any atom is -0.466 e. The highest BCUT2D eigenvalue weighted by Crippen LogP contribution is 2.12. The van der Waals surface area contributed by atoms with Gasteiger partial charge in [0, 0.05) is 25.7 Å². The first kappa shape index (κ1) is 13.6. The van der Waals surface area contributed by atoms with E-state index in [2.05, 4.69) is 28.6 Å². The fraction of sp³-hybridized carbons (Fsp3) is 0.615. The van der Waals surface area contributed by atoms with Crippen LogP contribution in [0.25, 0.3) is 0 Å². The van der Waals surface area contributed by atoms with Gasteiger partial charge in [0.05, 0.1) is 0 Å². The number of nitrogens with zero attached hydrogens (tertiary/aromatic N) is 1. The first-order valence-corrected chi connectivity index (χ1v) is 6.17. The first-order valence-electron chi connectivity index (χ1n) is 6.17. The van der Waals surface area contributed by atoms with Crippen molar-refractivity contribution in [2.24, 2.45) is 4.99 Å². The Bertz CT molecular complexity index is 369. The van der Waals surface area contributed by atoms with Crippen molar-refractivity contribution in [3.05, 3.63) is 23.2 Å². The Morgan fingerprint density at radius 3 is 2.65 bits per heavy atom. The lowest BCUT2D eigenvalue weighted by Crippen LogP contribution is -2.37. The van der Waals surface area contributed by atoms with Gasteiger partial charge >= 0.3 is 0 Å². The van der Waals surface area contributed by atoms with Gasteiger partial charge in [-0.3, -0.25) is 4.99 Å². The molecule has 0 aromatic carbocycles. The molecule has 0 aliphatic rings. The van der Waals surface area contributed by atoms with Crippen LogP contribution in [0.3, 0.4) is 0 Å². The highest BCUT2D eigenvalue weighted by Gasteiger charge is 2.05. The summed E-state index contributed by atoms with van der Waals surface area (Å²) in [6, 6.07) is 2.06. The summed E-state index contributed by atoms with van der Waals surface area (Å²) in [5.41, 5.74) is 1.18. The first-order chi connectivity index (χ1) is 8.17. The predicted molar refractivity (Wildman–Crippen MR) is 71.3 cm³/mol. The Labute approximate surface area is 104 Å². The molecule has 0 saturated carbocycles. The van der Waals surface area contributed by atoms with E-state index in [0.29, 0.717) is 0 Å². The van der Waals surface area contributed by atoms with Crippen LogP contribution in [0, 0.1) is 13.8 Å². The molecule has 0 unspecified atom stereocenters. The topological polar surface area (TPSA) is 49.6 Å². The van der Waals surface area contributed by atoms with Crippen molar-refractivity contribution in [2.75, 3.05) is 13.6 Å². The third-order valence-corrected chi connectivity index (χ3v) is 2.64. The number of unbranched alkanes of at least 4 members (excludes halogenated alkanes) is 1. The van der Waals surface area contributed by atoms with E-state index in [9.17, 15) is 0 Å². The van der Waals surface area contributed by atoms with Crippen LogP contribution in [0.2, 0.25) is 0 Å². The number of hydrogen-bond donors (Lipinski definition) is 2. The van der Waals surface area contributed by atoms with Crippen LogP contribution in [-0.2, 0) is 6.54 Å². The summed E-state index contributed by atoms with van der Waals surface area (Å²) in [4.78, 5) is 4.18. The maximum absolute atomic E-state index is 5.48. The normalized spacial score (nSPS) is 11.6. The molecule has 96 valence electrons. The lowest BCUT2D eigenvalue weighted by molar-refractivity contribution is 0.500. The molecule has 0 atom stereocenters. The fourth-order valence-corrected chi connectivity index (χ4v) is 1.64. The molecule has 0 aliphatic carbocycles. The van der Waals surface area contributed by atoms with Crippen LogP contribution in [0.1, 0.15) is 36.8 Å². The summed E-state index contributed by atoms with van der Waals surface area (Å²) >= 11 is 0. The largest absolute Gasteiger partial charge is 0.466 e. The average molecular weight is 237 g/mol. The van der Waals surface area contributed by atoms with Gasteiger partial charge in [0.25, 0.3) is 0 Å². The molecule has 1 aromatic rings. The summed E-state index contributed by atoms with van der Waals surface area (Å²) in [7, 11) is 1.79. The smallest absolute Gasteiger partial charge is 0.191 e. The second-order valence-corrected chi connectivity index (χ2v) is 4.14. The van der Waals surface area contributed by atoms with E-state index in [-0.39, 0.29) is 0 Å². The number of aryl methyl sites for hydroxylation is 2. The predicted octanol–water partition coefficient (Wildman–Crippen LogP) is 2.36. The summed E-state index contributed by atoms with van der Waals surface area (Å²) in [5, 5.41) is 6.55. The minimum atomic E-state index is 0.745. The zero-order valence-corrected chi connectivity index (χ0v) is 11.3. The van der Waals surface area contributed by atoms with Crippen LogP contribution in [0.5, 0.6) is 0 Å². The molecule has 2 N–H and O–H groups in total. The zero-order chi connectivity index (χ0) is 12.7. The SMILES string of the molecule is CCCCNC(=NC)NCc1cc(C)oc1C. The monoisotopic (exact) mass is 237 g/mol. The van der Waals surface area contributed by atoms with Gasteiger partial charge in [0.15, 0.2) is 5.96 Å². The quantitative estimate of drug-likeness (QED) is 0.469. The lowest BCUT2D eigenvalue weighted by Gasteiger charge is -2.10. The van der Waals surface area contributed by atoms with Gasteiger partial charge in [-0.2, -0.15) is 0 Å². The third kappa shape index (κ3) is 4.51. The Hall–Kier alpha value is -1.45. The van der Waals surface area contributed by atoms with Gasteiger partial charge in [-0.05, 0) is 26.3 Å². The molecule has 4 heteroatoms. The number of nitrogens with one attached hydrogen (secondary N) is 2. The second-order valence-electron chi connectivity index (χ2n) is 4.14. The average Bonchev–Trinajstić information content (AvgIpc) is 2.62. The molecule has 1 aromatic heterocycles. The van der Waals surface area contributed by atoms with E-state index in [0.717, 1.165) is 37.0 Å². The van der Waals surface area contributed by atoms with Crippen molar-refractivity contribution >= 4 is 5.96 Å². The van der Waals surface area contributed by atoms with E-state index >= 15 is 0 Å². The molecule has 0 amide bonds. The minimum absolute atomic E-state index is 0.745. The van der Waals surface area contributed by atoms with Crippen LogP contribution < -0.4 is 10.6 Å². The number of rotatable bonds is 5.